The van der Waals surface area contributed by atoms with E-state index >= 15 is 0 Å². The number of imidazole rings is 1. The molecule has 5 heterocycles. The minimum absolute atomic E-state index is 0.0396. The van der Waals surface area contributed by atoms with E-state index in [0.29, 0.717) is 29.7 Å². The number of aliphatic hydroxyl groups excluding tert-OH is 1. The Hall–Kier alpha value is -5.23. The molecule has 0 unspecified atom stereocenters. The maximum atomic E-state index is 14.7. The second kappa shape index (κ2) is 19.4. The summed E-state index contributed by atoms with van der Waals surface area (Å²) in [5, 5.41) is 16.9. The van der Waals surface area contributed by atoms with Crippen molar-refractivity contribution in [2.45, 2.75) is 134 Å². The van der Waals surface area contributed by atoms with E-state index in [1.807, 2.05) is 48.8 Å². The van der Waals surface area contributed by atoms with Crippen LogP contribution in [0.15, 0.2) is 69.4 Å². The van der Waals surface area contributed by atoms with Gasteiger partial charge in [-0.25, -0.2) is 9.37 Å². The average molecular weight is 1040 g/mol. The quantitative estimate of drug-likeness (QED) is 0.0911. The van der Waals surface area contributed by atoms with Gasteiger partial charge in [-0.1, -0.05) is 57.9 Å². The molecule has 370 valence electrons. The lowest BCUT2D eigenvalue weighted by Crippen LogP contribution is -2.59. The molecule has 0 radical (unpaired) electrons. The number of thiazole rings is 1. The number of nitrogens with zero attached hydrogens (tertiary/aromatic N) is 6. The normalized spacial score (nSPS) is 20.4. The van der Waals surface area contributed by atoms with E-state index in [1.165, 1.54) is 23.3 Å². The van der Waals surface area contributed by atoms with Gasteiger partial charge in [-0.05, 0) is 134 Å². The van der Waals surface area contributed by atoms with Crippen molar-refractivity contribution in [3.8, 4) is 16.2 Å². The molecule has 17 heteroatoms. The first-order valence-corrected chi connectivity index (χ1v) is 26.5. The number of benzene rings is 3. The van der Waals surface area contributed by atoms with Gasteiger partial charge in [-0.15, -0.1) is 11.3 Å². The highest BCUT2D eigenvalue weighted by atomic mass is 79.9. The molecule has 3 aromatic heterocycles. The molecule has 0 spiro atoms. The van der Waals surface area contributed by atoms with Crippen LogP contribution in [0.3, 0.4) is 0 Å². The number of carbonyl (C=O) groups excluding carboxylic acids is 3. The molecule has 4 aliphatic rings. The number of piperidine rings is 1. The van der Waals surface area contributed by atoms with Gasteiger partial charge in [0.2, 0.25) is 17.6 Å². The lowest BCUT2D eigenvalue weighted by atomic mass is 9.85. The molecule has 4 fully saturated rings. The van der Waals surface area contributed by atoms with E-state index in [9.17, 15) is 28.7 Å². The topological polar surface area (TPSA) is 163 Å². The largest absolute Gasteiger partial charge is 0.493 e. The third-order valence-electron chi connectivity index (χ3n) is 15.1. The van der Waals surface area contributed by atoms with Crippen molar-refractivity contribution in [1.82, 2.24) is 39.4 Å². The summed E-state index contributed by atoms with van der Waals surface area (Å²) in [4.78, 5) is 68.1. The summed E-state index contributed by atoms with van der Waals surface area (Å²) in [6, 6.07) is 16.9. The number of carbonyl (C=O) groups is 3. The second-order valence-corrected chi connectivity index (χ2v) is 22.7. The SMILES string of the molecule is Cc1ncsc1-c1ccc(CNC(=O)[C@@H]2C[C@@H](O)CN2C(=O)[C@@H](NC(=O)C2(F)CC2)C(C)(C)C)c(OCCCN2CCC(c3ccc4c(c3)n(C3CCCC3)c3nc(=O)c5c(Br)cccc5n43)CC2)c1. The van der Waals surface area contributed by atoms with Gasteiger partial charge in [0.05, 0.1) is 50.7 Å². The summed E-state index contributed by atoms with van der Waals surface area (Å²) >= 11 is 5.16. The van der Waals surface area contributed by atoms with Crippen LogP contribution in [0.25, 0.3) is 38.2 Å². The van der Waals surface area contributed by atoms with E-state index in [-0.39, 0.29) is 37.9 Å². The predicted octanol–water partition coefficient (Wildman–Crippen LogP) is 8.37. The number of aliphatic hydroxyl groups is 1. The molecule has 10 rings (SSSR count). The highest BCUT2D eigenvalue weighted by molar-refractivity contribution is 9.10. The van der Waals surface area contributed by atoms with Crippen molar-refractivity contribution in [3.63, 3.8) is 0 Å². The summed E-state index contributed by atoms with van der Waals surface area (Å²) < 4.78 is 26.5. The number of ether oxygens (including phenoxy) is 1. The van der Waals surface area contributed by atoms with Crippen LogP contribution in [0.4, 0.5) is 4.39 Å². The van der Waals surface area contributed by atoms with Gasteiger partial charge in [0.25, 0.3) is 11.5 Å². The van der Waals surface area contributed by atoms with Crippen LogP contribution in [-0.4, -0.2) is 108 Å². The minimum atomic E-state index is -1.97. The van der Waals surface area contributed by atoms with Crippen LogP contribution in [0.1, 0.15) is 114 Å². The number of hydrogen-bond donors (Lipinski definition) is 3. The summed E-state index contributed by atoms with van der Waals surface area (Å²) in [7, 11) is 0. The number of aromatic nitrogens is 4. The number of amides is 3. The first-order valence-electron chi connectivity index (χ1n) is 24.9. The van der Waals surface area contributed by atoms with Crippen LogP contribution in [0, 0.1) is 12.3 Å². The van der Waals surface area contributed by atoms with Crippen LogP contribution in [0.2, 0.25) is 0 Å². The van der Waals surface area contributed by atoms with Gasteiger partial charge < -0.3 is 34.8 Å². The minimum Gasteiger partial charge on any atom is -0.493 e. The van der Waals surface area contributed by atoms with Crippen molar-refractivity contribution in [3.05, 3.63) is 91.8 Å². The molecule has 2 saturated heterocycles. The van der Waals surface area contributed by atoms with Gasteiger partial charge in [0.15, 0.2) is 5.67 Å². The monoisotopic (exact) mass is 1040 g/mol. The van der Waals surface area contributed by atoms with Gasteiger partial charge in [0.1, 0.15) is 17.8 Å². The van der Waals surface area contributed by atoms with Crippen molar-refractivity contribution in [2.24, 2.45) is 5.41 Å². The summed E-state index contributed by atoms with van der Waals surface area (Å²) in [6.45, 7) is 10.6. The lowest BCUT2D eigenvalue weighted by Gasteiger charge is -2.35. The van der Waals surface area contributed by atoms with Crippen molar-refractivity contribution in [2.75, 3.05) is 32.8 Å². The highest BCUT2D eigenvalue weighted by Crippen LogP contribution is 2.41. The van der Waals surface area contributed by atoms with Crippen LogP contribution in [0.5, 0.6) is 5.75 Å². The fourth-order valence-electron chi connectivity index (χ4n) is 11.0. The molecular weight excluding hydrogens is 976 g/mol. The Bertz CT molecular complexity index is 3040. The molecule has 14 nitrogen and oxygen atoms in total. The number of aryl methyl sites for hydroxylation is 1. The zero-order chi connectivity index (χ0) is 49.1. The maximum Gasteiger partial charge on any atom is 0.283 e. The molecule has 3 N–H and O–H groups in total. The molecule has 3 aromatic carbocycles. The van der Waals surface area contributed by atoms with E-state index < -0.39 is 47.0 Å². The number of alkyl halides is 1. The molecule has 0 bridgehead atoms. The first kappa shape index (κ1) is 48.4. The Labute approximate surface area is 419 Å². The lowest BCUT2D eigenvalue weighted by molar-refractivity contribution is -0.145. The Kier molecular flexibility index (Phi) is 13.4. The van der Waals surface area contributed by atoms with E-state index in [4.69, 9.17) is 9.72 Å². The number of β-amino-alcohol motifs (C(OH)–C–C–N with tert-alkyl or cyclic N) is 1. The molecular formula is C53H62BrFN8O6S. The molecule has 2 aliphatic carbocycles. The van der Waals surface area contributed by atoms with Gasteiger partial charge in [0, 0.05) is 42.1 Å². The second-order valence-electron chi connectivity index (χ2n) is 21.0. The summed E-state index contributed by atoms with van der Waals surface area (Å²) in [5.41, 5.74) is 5.92. The smallest absolute Gasteiger partial charge is 0.283 e. The van der Waals surface area contributed by atoms with E-state index in [0.717, 1.165) is 100 Å². The highest BCUT2D eigenvalue weighted by Gasteiger charge is 2.53. The number of hydrogen-bond acceptors (Lipinski definition) is 10. The Morgan fingerprint density at radius 2 is 1.79 bits per heavy atom. The fraction of sp³-hybridized carbons (Fsp3) is 0.509. The predicted molar refractivity (Wildman–Crippen MR) is 273 cm³/mol. The Morgan fingerprint density at radius 3 is 2.50 bits per heavy atom. The van der Waals surface area contributed by atoms with Crippen LogP contribution >= 0.6 is 27.3 Å². The van der Waals surface area contributed by atoms with Gasteiger partial charge in [-0.2, -0.15) is 4.98 Å². The fourth-order valence-corrected chi connectivity index (χ4v) is 12.3. The zero-order valence-electron chi connectivity index (χ0n) is 40.3. The Morgan fingerprint density at radius 1 is 1.01 bits per heavy atom. The zero-order valence-corrected chi connectivity index (χ0v) is 42.7. The van der Waals surface area contributed by atoms with Crippen molar-refractivity contribution >= 4 is 72.7 Å². The van der Waals surface area contributed by atoms with Crippen molar-refractivity contribution < 1.29 is 28.6 Å². The number of nitrogens with one attached hydrogen (secondary N) is 2. The first-order chi connectivity index (χ1) is 33.6. The van der Waals surface area contributed by atoms with Gasteiger partial charge >= 0.3 is 0 Å². The molecule has 3 atom stereocenters. The van der Waals surface area contributed by atoms with E-state index in [2.05, 4.69) is 63.6 Å². The summed E-state index contributed by atoms with van der Waals surface area (Å²) in [5.74, 6) is 0.000985. The average Bonchev–Trinajstić information content (AvgIpc) is 3.79. The third kappa shape index (κ3) is 9.50. The summed E-state index contributed by atoms with van der Waals surface area (Å²) in [6.07, 6.45) is 6.71. The van der Waals surface area contributed by atoms with Crippen molar-refractivity contribution in [1.29, 1.82) is 0 Å². The van der Waals surface area contributed by atoms with Crippen LogP contribution in [-0.2, 0) is 20.9 Å². The molecule has 2 aliphatic heterocycles. The standard InChI is InChI=1S/C53H62BrFN8O6S/c1-31-45(70-30-57-31)34-13-14-35(28-56-47(65)42-27-37(64)29-61(42)49(67)46(52(2,3)4)58-50(68)53(55)19-20-53)43(26-34)69-24-8-21-60-22-17-32(18-23-60)33-15-16-39-41(25-33)62(36-9-5-6-10-36)51-59-48(66)44-38(54)11-7-12-40(44)63(39)51/h7,11-16,25-26,30,32,36-37,42,46,64H,5-6,8-10,17-24,27-29H2,1-4H3,(H,56,65)(H,58,68)/t37-,42+,46-/m1/s1. The van der Waals surface area contributed by atoms with Gasteiger partial charge in [-0.3, -0.25) is 23.6 Å². The number of halogens is 2. The molecule has 70 heavy (non-hydrogen) atoms. The Balaban J connectivity index is 0.788. The number of rotatable bonds is 14. The third-order valence-corrected chi connectivity index (χ3v) is 16.7. The molecule has 6 aromatic rings. The van der Waals surface area contributed by atoms with Crippen LogP contribution < -0.4 is 20.9 Å². The number of likely N-dealkylation sites (tertiary alicyclic amines) is 2. The molecule has 2 saturated carbocycles. The number of fused-ring (bicyclic) bond motifs is 5. The van der Waals surface area contributed by atoms with E-state index in [1.54, 1.807) is 32.1 Å². The maximum absolute atomic E-state index is 14.7. The molecule has 3 amide bonds.